The van der Waals surface area contributed by atoms with E-state index in [0.717, 1.165) is 42.0 Å². The van der Waals surface area contributed by atoms with Crippen molar-refractivity contribution in [3.05, 3.63) is 83.2 Å². The van der Waals surface area contributed by atoms with Gasteiger partial charge in [-0.2, -0.15) is 0 Å². The summed E-state index contributed by atoms with van der Waals surface area (Å²) < 4.78 is 16.5. The first kappa shape index (κ1) is 33.2. The standard InChI is InChI=1S/C36H47N5O5/c1-35(2,3)46-32(42)23-30(27-12-15-31(44-4)39-24-27)37-20-22-41(34(43)45-25-26-9-6-5-7-10-26)21-8-11-28-13-14-29-33(40-28)38-19-18-36(29)16-17-36/h5-7,9-10,12-15,24,30,37H,8,11,16-23,25H2,1-4H3,(H,38,40). The molecule has 0 bridgehead atoms. The van der Waals surface area contributed by atoms with E-state index in [4.69, 9.17) is 19.2 Å². The molecule has 1 fully saturated rings. The number of benzene rings is 1. The first-order valence-corrected chi connectivity index (χ1v) is 16.3. The van der Waals surface area contributed by atoms with Gasteiger partial charge in [-0.05, 0) is 70.1 Å². The first-order valence-electron chi connectivity index (χ1n) is 16.3. The number of hydrogen-bond acceptors (Lipinski definition) is 9. The molecule has 0 saturated heterocycles. The summed E-state index contributed by atoms with van der Waals surface area (Å²) in [6.45, 7) is 8.04. The van der Waals surface area contributed by atoms with E-state index >= 15 is 0 Å². The molecule has 1 aromatic carbocycles. The number of nitrogens with one attached hydrogen (secondary N) is 2. The molecule has 1 aliphatic heterocycles. The Kier molecular flexibility index (Phi) is 10.8. The Morgan fingerprint density at radius 3 is 2.54 bits per heavy atom. The number of carbonyl (C=O) groups excluding carboxylic acids is 2. The number of carbonyl (C=O) groups is 2. The lowest BCUT2D eigenvalue weighted by atomic mass is 9.90. The third-order valence-corrected chi connectivity index (χ3v) is 8.53. The maximum atomic E-state index is 13.3. The van der Waals surface area contributed by atoms with E-state index in [0.29, 0.717) is 30.9 Å². The van der Waals surface area contributed by atoms with Gasteiger partial charge in [0.2, 0.25) is 5.88 Å². The van der Waals surface area contributed by atoms with Crippen molar-refractivity contribution in [3.63, 3.8) is 0 Å². The van der Waals surface area contributed by atoms with Crippen LogP contribution < -0.4 is 15.4 Å². The number of anilines is 1. The predicted molar refractivity (Wildman–Crippen MR) is 177 cm³/mol. The van der Waals surface area contributed by atoms with Crippen LogP contribution in [0, 0.1) is 0 Å². The van der Waals surface area contributed by atoms with Crippen LogP contribution in [-0.2, 0) is 32.7 Å². The fourth-order valence-electron chi connectivity index (χ4n) is 5.93. The van der Waals surface area contributed by atoms with Gasteiger partial charge in [0.05, 0.1) is 13.5 Å². The van der Waals surface area contributed by atoms with E-state index in [1.165, 1.54) is 24.8 Å². The first-order chi connectivity index (χ1) is 22.1. The van der Waals surface area contributed by atoms with E-state index < -0.39 is 5.60 Å². The van der Waals surface area contributed by atoms with Gasteiger partial charge >= 0.3 is 12.1 Å². The number of fused-ring (bicyclic) bond motifs is 2. The topological polar surface area (TPSA) is 115 Å². The molecule has 1 spiro atoms. The second-order valence-corrected chi connectivity index (χ2v) is 13.2. The van der Waals surface area contributed by atoms with Crippen LogP contribution in [0.1, 0.15) is 81.3 Å². The fraction of sp³-hybridized carbons (Fsp3) is 0.500. The summed E-state index contributed by atoms with van der Waals surface area (Å²) in [5.41, 5.74) is 3.88. The van der Waals surface area contributed by atoms with Crippen molar-refractivity contribution in [3.8, 4) is 5.88 Å². The number of rotatable bonds is 14. The summed E-state index contributed by atoms with van der Waals surface area (Å²) in [5.74, 6) is 1.19. The van der Waals surface area contributed by atoms with Gasteiger partial charge in [-0.3, -0.25) is 4.79 Å². The van der Waals surface area contributed by atoms with Crippen LogP contribution >= 0.6 is 0 Å². The summed E-state index contributed by atoms with van der Waals surface area (Å²) in [4.78, 5) is 37.1. The largest absolute Gasteiger partial charge is 0.481 e. The minimum absolute atomic E-state index is 0.114. The van der Waals surface area contributed by atoms with Crippen molar-refractivity contribution in [1.82, 2.24) is 20.2 Å². The molecule has 0 radical (unpaired) electrons. The highest BCUT2D eigenvalue weighted by Crippen LogP contribution is 2.54. The van der Waals surface area contributed by atoms with Crippen LogP contribution in [0.25, 0.3) is 0 Å². The number of nitrogens with zero attached hydrogens (tertiary/aromatic N) is 3. The third kappa shape index (κ3) is 9.19. The Morgan fingerprint density at radius 1 is 1.04 bits per heavy atom. The molecule has 2 aliphatic rings. The molecule has 1 amide bonds. The second kappa shape index (κ2) is 14.9. The normalized spacial score (nSPS) is 15.3. The van der Waals surface area contributed by atoms with Crippen LogP contribution in [-0.4, -0.2) is 65.8 Å². The molecule has 1 aliphatic carbocycles. The van der Waals surface area contributed by atoms with Crippen LogP contribution in [0.5, 0.6) is 5.88 Å². The summed E-state index contributed by atoms with van der Waals surface area (Å²) in [5, 5.41) is 6.94. The number of esters is 1. The number of ether oxygens (including phenoxy) is 3. The van der Waals surface area contributed by atoms with Crippen LogP contribution in [0.2, 0.25) is 0 Å². The van der Waals surface area contributed by atoms with Gasteiger partial charge in [0.25, 0.3) is 0 Å². The molecule has 3 aromatic rings. The minimum atomic E-state index is -0.596. The predicted octanol–water partition coefficient (Wildman–Crippen LogP) is 5.97. The Balaban J connectivity index is 1.22. The molecular formula is C36H47N5O5. The zero-order valence-corrected chi connectivity index (χ0v) is 27.5. The third-order valence-electron chi connectivity index (χ3n) is 8.53. The molecule has 2 aromatic heterocycles. The SMILES string of the molecule is COc1ccc(C(CC(=O)OC(C)(C)C)NCCN(CCCc2ccc3c(n2)NCCC32CC2)C(=O)OCc2ccccc2)cn1. The molecule has 246 valence electrons. The van der Waals surface area contributed by atoms with Crippen LogP contribution in [0.4, 0.5) is 10.6 Å². The summed E-state index contributed by atoms with van der Waals surface area (Å²) >= 11 is 0. The molecular weight excluding hydrogens is 582 g/mol. The number of hydrogen-bond donors (Lipinski definition) is 2. The Hall–Kier alpha value is -4.18. The van der Waals surface area contributed by atoms with Gasteiger partial charge < -0.3 is 29.7 Å². The molecule has 10 nitrogen and oxygen atoms in total. The van der Waals surface area contributed by atoms with E-state index in [1.54, 1.807) is 24.3 Å². The highest BCUT2D eigenvalue weighted by Gasteiger charge is 2.47. The second-order valence-electron chi connectivity index (χ2n) is 13.2. The van der Waals surface area contributed by atoms with Gasteiger partial charge in [-0.1, -0.05) is 42.5 Å². The molecule has 46 heavy (non-hydrogen) atoms. The molecule has 1 saturated carbocycles. The van der Waals surface area contributed by atoms with Gasteiger partial charge in [0.15, 0.2) is 0 Å². The van der Waals surface area contributed by atoms with E-state index in [1.807, 2.05) is 57.2 Å². The van der Waals surface area contributed by atoms with Crippen LogP contribution in [0.15, 0.2) is 60.8 Å². The van der Waals surface area contributed by atoms with Crippen molar-refractivity contribution in [1.29, 1.82) is 0 Å². The van der Waals surface area contributed by atoms with E-state index in [9.17, 15) is 9.59 Å². The van der Waals surface area contributed by atoms with Gasteiger partial charge in [-0.15, -0.1) is 0 Å². The highest BCUT2D eigenvalue weighted by atomic mass is 16.6. The maximum absolute atomic E-state index is 13.3. The quantitative estimate of drug-likeness (QED) is 0.208. The smallest absolute Gasteiger partial charge is 0.410 e. The number of pyridine rings is 2. The lowest BCUT2D eigenvalue weighted by Gasteiger charge is -2.26. The average molecular weight is 630 g/mol. The lowest BCUT2D eigenvalue weighted by Crippen LogP contribution is -2.39. The Bertz CT molecular complexity index is 1450. The van der Waals surface area contributed by atoms with Crippen molar-refractivity contribution in [2.24, 2.45) is 0 Å². The highest BCUT2D eigenvalue weighted by molar-refractivity contribution is 5.71. The molecule has 1 unspecified atom stereocenters. The van der Waals surface area contributed by atoms with E-state index in [2.05, 4.69) is 27.8 Å². The molecule has 5 rings (SSSR count). The van der Waals surface area contributed by atoms with Gasteiger partial charge in [0.1, 0.15) is 18.0 Å². The summed E-state index contributed by atoms with van der Waals surface area (Å²) in [7, 11) is 1.56. The van der Waals surface area contributed by atoms with E-state index in [-0.39, 0.29) is 31.1 Å². The number of aromatic nitrogens is 2. The summed E-state index contributed by atoms with van der Waals surface area (Å²) in [6, 6.07) is 17.3. The number of amides is 1. The van der Waals surface area contributed by atoms with Crippen LogP contribution in [0.3, 0.4) is 0 Å². The zero-order valence-electron chi connectivity index (χ0n) is 27.5. The lowest BCUT2D eigenvalue weighted by molar-refractivity contribution is -0.155. The number of aryl methyl sites for hydroxylation is 1. The Morgan fingerprint density at radius 2 is 1.85 bits per heavy atom. The summed E-state index contributed by atoms with van der Waals surface area (Å²) in [6.07, 6.45) is 6.60. The zero-order chi connectivity index (χ0) is 32.6. The maximum Gasteiger partial charge on any atom is 0.410 e. The van der Waals surface area contributed by atoms with Crippen molar-refractivity contribution >= 4 is 17.9 Å². The van der Waals surface area contributed by atoms with Gasteiger partial charge in [-0.25, -0.2) is 14.8 Å². The molecule has 1 atom stereocenters. The Labute approximate surface area is 272 Å². The monoisotopic (exact) mass is 629 g/mol. The number of methoxy groups -OCH3 is 1. The minimum Gasteiger partial charge on any atom is -0.481 e. The fourth-order valence-corrected chi connectivity index (χ4v) is 5.93. The molecule has 3 heterocycles. The van der Waals surface area contributed by atoms with Crippen molar-refractivity contribution in [2.45, 2.75) is 83.0 Å². The molecule has 2 N–H and O–H groups in total. The van der Waals surface area contributed by atoms with Crippen molar-refractivity contribution in [2.75, 3.05) is 38.6 Å². The molecule has 10 heteroatoms. The average Bonchev–Trinajstić information content (AvgIpc) is 3.81. The van der Waals surface area contributed by atoms with Crippen molar-refractivity contribution < 1.29 is 23.8 Å². The van der Waals surface area contributed by atoms with Gasteiger partial charge in [0, 0.05) is 61.2 Å².